The van der Waals surface area contributed by atoms with Crippen molar-refractivity contribution >= 4 is 55.7 Å². The van der Waals surface area contributed by atoms with Gasteiger partial charge < -0.3 is 15.4 Å². The number of carbonyl (C=O) groups excluding carboxylic acids is 3. The van der Waals surface area contributed by atoms with E-state index in [1.54, 1.807) is 29.6 Å². The average Bonchev–Trinajstić information content (AvgIpc) is 3.51. The fourth-order valence-electron chi connectivity index (χ4n) is 4.96. The van der Waals surface area contributed by atoms with Gasteiger partial charge in [-0.05, 0) is 68.1 Å². The molecule has 2 amide bonds. The lowest BCUT2D eigenvalue weighted by atomic mass is 9.75. The molecule has 1 aromatic heterocycles. The minimum atomic E-state index is -3.80. The average molecular weight is 555 g/mol. The van der Waals surface area contributed by atoms with Crippen LogP contribution in [0.1, 0.15) is 48.9 Å². The summed E-state index contributed by atoms with van der Waals surface area (Å²) in [7, 11) is -3.80. The summed E-state index contributed by atoms with van der Waals surface area (Å²) < 4.78 is 33.0. The van der Waals surface area contributed by atoms with Gasteiger partial charge in [0.25, 0.3) is 15.9 Å². The Morgan fingerprint density at radius 3 is 2.47 bits per heavy atom. The minimum absolute atomic E-state index is 0.0283. The maximum Gasteiger partial charge on any atom is 0.307 e. The second kappa shape index (κ2) is 10.5. The number of thiazole rings is 1. The molecule has 0 radical (unpaired) electrons. The van der Waals surface area contributed by atoms with Gasteiger partial charge in [-0.1, -0.05) is 12.5 Å². The van der Waals surface area contributed by atoms with Crippen LogP contribution in [0.15, 0.2) is 65.0 Å². The number of nitrogens with zero attached hydrogens (tertiary/aromatic N) is 1. The molecule has 10 nitrogen and oxygen atoms in total. The van der Waals surface area contributed by atoms with Crippen molar-refractivity contribution in [1.29, 1.82) is 0 Å². The maximum absolute atomic E-state index is 13.1. The molecule has 2 fully saturated rings. The second-order valence-corrected chi connectivity index (χ2v) is 11.9. The molecule has 198 valence electrons. The summed E-state index contributed by atoms with van der Waals surface area (Å²) >= 11 is 1.17. The van der Waals surface area contributed by atoms with Crippen LogP contribution in [0.3, 0.4) is 0 Å². The number of sulfonamides is 1. The first-order valence-corrected chi connectivity index (χ1v) is 14.6. The van der Waals surface area contributed by atoms with Crippen molar-refractivity contribution in [2.75, 3.05) is 15.4 Å². The SMILES string of the molecule is O=C1C[C@@H](C(=O)Nc2cccc(C(=O)Nc3ccc(S(=O)(=O)Nc4nccs4)cc3)c2)C2(CCCCC2)O1. The Bertz CT molecular complexity index is 1450. The van der Waals surface area contributed by atoms with Crippen LogP contribution in [0.4, 0.5) is 16.5 Å². The van der Waals surface area contributed by atoms with E-state index in [0.717, 1.165) is 19.3 Å². The molecule has 1 aliphatic carbocycles. The summed E-state index contributed by atoms with van der Waals surface area (Å²) in [6.45, 7) is 0. The lowest BCUT2D eigenvalue weighted by Gasteiger charge is -2.36. The predicted octanol–water partition coefficient (Wildman–Crippen LogP) is 4.40. The van der Waals surface area contributed by atoms with Crippen LogP contribution >= 0.6 is 11.3 Å². The highest BCUT2D eigenvalue weighted by Gasteiger charge is 2.52. The summed E-state index contributed by atoms with van der Waals surface area (Å²) in [5.41, 5.74) is 0.404. The van der Waals surface area contributed by atoms with Gasteiger partial charge >= 0.3 is 5.97 Å². The van der Waals surface area contributed by atoms with Crippen molar-refractivity contribution in [1.82, 2.24) is 4.98 Å². The quantitative estimate of drug-likeness (QED) is 0.367. The first-order valence-electron chi connectivity index (χ1n) is 12.2. The van der Waals surface area contributed by atoms with Crippen LogP contribution in [0.25, 0.3) is 0 Å². The van der Waals surface area contributed by atoms with Crippen molar-refractivity contribution in [3.8, 4) is 0 Å². The highest BCUT2D eigenvalue weighted by molar-refractivity contribution is 7.93. The third-order valence-corrected chi connectivity index (χ3v) is 8.98. The van der Waals surface area contributed by atoms with E-state index in [-0.39, 0.29) is 28.3 Å². The number of carbonyl (C=O) groups is 3. The third-order valence-electron chi connectivity index (χ3n) is 6.81. The molecule has 1 spiro atoms. The lowest BCUT2D eigenvalue weighted by molar-refractivity contribution is -0.153. The van der Waals surface area contributed by atoms with E-state index in [0.29, 0.717) is 29.8 Å². The topological polar surface area (TPSA) is 144 Å². The van der Waals surface area contributed by atoms with Gasteiger partial charge in [-0.25, -0.2) is 13.4 Å². The number of amides is 2. The summed E-state index contributed by atoms with van der Waals surface area (Å²) in [6, 6.07) is 12.2. The zero-order valence-corrected chi connectivity index (χ0v) is 21.9. The molecule has 0 unspecified atom stereocenters. The highest BCUT2D eigenvalue weighted by Crippen LogP contribution is 2.44. The van der Waals surface area contributed by atoms with Crippen LogP contribution in [0.2, 0.25) is 0 Å². The van der Waals surface area contributed by atoms with E-state index in [9.17, 15) is 22.8 Å². The van der Waals surface area contributed by atoms with Crippen molar-refractivity contribution < 1.29 is 27.5 Å². The number of esters is 1. The number of anilines is 3. The molecule has 1 atom stereocenters. The predicted molar refractivity (Wildman–Crippen MR) is 142 cm³/mol. The molecule has 1 aliphatic heterocycles. The Morgan fingerprint density at radius 2 is 1.76 bits per heavy atom. The Hall–Kier alpha value is -3.77. The Kier molecular flexibility index (Phi) is 7.17. The molecule has 1 saturated heterocycles. The van der Waals surface area contributed by atoms with E-state index in [2.05, 4.69) is 20.3 Å². The normalized spacial score (nSPS) is 18.5. The van der Waals surface area contributed by atoms with Gasteiger partial charge in [0.05, 0.1) is 17.2 Å². The fourth-order valence-corrected chi connectivity index (χ4v) is 6.75. The monoisotopic (exact) mass is 554 g/mol. The van der Waals surface area contributed by atoms with E-state index in [1.807, 2.05) is 0 Å². The van der Waals surface area contributed by atoms with Gasteiger partial charge in [-0.15, -0.1) is 11.3 Å². The van der Waals surface area contributed by atoms with Crippen molar-refractivity contribution in [3.63, 3.8) is 0 Å². The number of rotatable bonds is 7. The van der Waals surface area contributed by atoms with Crippen LogP contribution < -0.4 is 15.4 Å². The number of ether oxygens (including phenoxy) is 1. The van der Waals surface area contributed by atoms with Gasteiger partial charge in [-0.2, -0.15) is 0 Å². The Balaban J connectivity index is 1.23. The fraction of sp³-hybridized carbons (Fsp3) is 0.308. The zero-order chi connectivity index (χ0) is 26.8. The summed E-state index contributed by atoms with van der Waals surface area (Å²) in [6.07, 6.45) is 5.81. The van der Waals surface area contributed by atoms with Gasteiger partial charge in [0.15, 0.2) is 5.13 Å². The lowest BCUT2D eigenvalue weighted by Crippen LogP contribution is -2.43. The zero-order valence-electron chi connectivity index (χ0n) is 20.3. The largest absolute Gasteiger partial charge is 0.458 e. The number of aromatic nitrogens is 1. The molecule has 5 rings (SSSR count). The van der Waals surface area contributed by atoms with Crippen LogP contribution in [-0.2, 0) is 24.3 Å². The number of benzene rings is 2. The van der Waals surface area contributed by atoms with Crippen molar-refractivity contribution in [2.45, 2.75) is 49.0 Å². The molecule has 1 saturated carbocycles. The molecule has 3 N–H and O–H groups in total. The van der Waals surface area contributed by atoms with Crippen LogP contribution in [0.5, 0.6) is 0 Å². The van der Waals surface area contributed by atoms with Gasteiger partial charge in [0.1, 0.15) is 5.60 Å². The van der Waals surface area contributed by atoms with Crippen LogP contribution in [-0.4, -0.2) is 36.8 Å². The van der Waals surface area contributed by atoms with E-state index < -0.39 is 27.4 Å². The molecule has 12 heteroatoms. The maximum atomic E-state index is 13.1. The first kappa shape index (κ1) is 25.9. The standard InChI is InChI=1S/C26H26N4O6S2/c31-22-16-21(26(36-22)11-2-1-3-12-26)24(33)29-19-6-4-5-17(15-19)23(32)28-18-7-9-20(10-8-18)38(34,35)30-25-27-13-14-37-25/h4-10,13-15,21H,1-3,11-12,16H2,(H,27,30)(H,28,32)(H,29,33)/t21-/m0/s1. The highest BCUT2D eigenvalue weighted by atomic mass is 32.2. The summed E-state index contributed by atoms with van der Waals surface area (Å²) in [5, 5.41) is 7.50. The first-order chi connectivity index (χ1) is 18.2. The number of hydrogen-bond donors (Lipinski definition) is 3. The van der Waals surface area contributed by atoms with Crippen molar-refractivity contribution in [3.05, 3.63) is 65.7 Å². The molecule has 38 heavy (non-hydrogen) atoms. The summed E-state index contributed by atoms with van der Waals surface area (Å²) in [4.78, 5) is 42.0. The van der Waals surface area contributed by atoms with Gasteiger partial charge in [0.2, 0.25) is 5.91 Å². The van der Waals surface area contributed by atoms with Crippen LogP contribution in [0, 0.1) is 5.92 Å². The van der Waals surface area contributed by atoms with Gasteiger partial charge in [-0.3, -0.25) is 19.1 Å². The Labute approximate surface area is 223 Å². The molecular formula is C26H26N4O6S2. The molecule has 3 aromatic rings. The van der Waals surface area contributed by atoms with E-state index in [4.69, 9.17) is 4.74 Å². The van der Waals surface area contributed by atoms with E-state index in [1.165, 1.54) is 41.8 Å². The Morgan fingerprint density at radius 1 is 1.00 bits per heavy atom. The van der Waals surface area contributed by atoms with E-state index >= 15 is 0 Å². The smallest absolute Gasteiger partial charge is 0.307 e. The third kappa shape index (κ3) is 5.55. The van der Waals surface area contributed by atoms with Gasteiger partial charge in [0, 0.05) is 28.5 Å². The molecule has 2 heterocycles. The molecule has 2 aromatic carbocycles. The molecule has 0 bridgehead atoms. The number of hydrogen-bond acceptors (Lipinski definition) is 8. The molecular weight excluding hydrogens is 528 g/mol. The summed E-state index contributed by atoms with van der Waals surface area (Å²) in [5.74, 6) is -1.63. The number of nitrogens with one attached hydrogen (secondary N) is 3. The molecule has 2 aliphatic rings. The minimum Gasteiger partial charge on any atom is -0.458 e. The second-order valence-electron chi connectivity index (χ2n) is 9.35. The van der Waals surface area contributed by atoms with Crippen molar-refractivity contribution in [2.24, 2.45) is 5.92 Å².